The fourth-order valence-corrected chi connectivity index (χ4v) is 1.61. The van der Waals surface area contributed by atoms with Crippen LogP contribution in [0.4, 0.5) is 0 Å². The minimum Gasteiger partial charge on any atom is -0.287 e. The van der Waals surface area contributed by atoms with Crippen molar-refractivity contribution in [1.82, 2.24) is 5.43 Å². The van der Waals surface area contributed by atoms with Crippen LogP contribution in [-0.4, -0.2) is 30.7 Å². The minimum atomic E-state index is -0.780. The molecule has 0 aliphatic heterocycles. The van der Waals surface area contributed by atoms with Crippen molar-refractivity contribution in [2.24, 2.45) is 10.1 Å². The van der Waals surface area contributed by atoms with Crippen LogP contribution in [0.2, 0.25) is 0 Å². The maximum Gasteiger partial charge on any atom is 0.309 e. The van der Waals surface area contributed by atoms with Crippen LogP contribution in [0.15, 0.2) is 70.8 Å². The van der Waals surface area contributed by atoms with Gasteiger partial charge in [-0.3, -0.25) is 14.6 Å². The van der Waals surface area contributed by atoms with Gasteiger partial charge in [0.25, 0.3) is 0 Å². The minimum absolute atomic E-state index is 0.207. The number of benzene rings is 2. The van der Waals surface area contributed by atoms with Gasteiger partial charge in [-0.2, -0.15) is 5.10 Å². The number of aliphatic imine (C=N–C) groups is 1. The topological polar surface area (TPSA) is 70.9 Å². The molecular weight excluding hydrogens is 278 g/mol. The average Bonchev–Trinajstić information content (AvgIpc) is 2.56. The molecule has 0 aliphatic carbocycles. The molecule has 1 N–H and O–H groups in total. The summed E-state index contributed by atoms with van der Waals surface area (Å²) in [6, 6.07) is 18.6. The summed E-state index contributed by atoms with van der Waals surface area (Å²) < 4.78 is 0. The van der Waals surface area contributed by atoms with Crippen molar-refractivity contribution < 1.29 is 9.59 Å². The molecule has 2 aromatic carbocycles. The van der Waals surface area contributed by atoms with E-state index in [1.165, 1.54) is 6.21 Å². The Balaban J connectivity index is 1.79. The fourth-order valence-electron chi connectivity index (χ4n) is 1.61. The van der Waals surface area contributed by atoms with Crippen LogP contribution in [0, 0.1) is 0 Å². The van der Waals surface area contributed by atoms with Gasteiger partial charge in [-0.15, -0.1) is 0 Å². The van der Waals surface area contributed by atoms with Gasteiger partial charge in [0.1, 0.15) is 6.54 Å². The van der Waals surface area contributed by atoms with E-state index in [4.69, 9.17) is 0 Å². The molecule has 110 valence electrons. The van der Waals surface area contributed by atoms with Crippen LogP contribution in [-0.2, 0) is 9.59 Å². The number of hydrogen-bond donors (Lipinski definition) is 1. The summed E-state index contributed by atoms with van der Waals surface area (Å²) in [6.45, 7) is -0.207. The van der Waals surface area contributed by atoms with Crippen molar-refractivity contribution in [2.45, 2.75) is 0 Å². The third-order valence-corrected chi connectivity index (χ3v) is 2.71. The summed E-state index contributed by atoms with van der Waals surface area (Å²) >= 11 is 0. The molecule has 0 fully saturated rings. The van der Waals surface area contributed by atoms with Gasteiger partial charge in [0, 0.05) is 6.21 Å². The predicted octanol–water partition coefficient (Wildman–Crippen LogP) is 1.82. The Morgan fingerprint density at radius 1 is 0.864 bits per heavy atom. The van der Waals surface area contributed by atoms with Gasteiger partial charge in [0.2, 0.25) is 5.78 Å². The first-order chi connectivity index (χ1) is 10.8. The SMILES string of the molecule is O=C(CN=Cc1ccccc1)C(=O)N/N=C/c1ccccc1. The van der Waals surface area contributed by atoms with Gasteiger partial charge in [0.15, 0.2) is 0 Å². The molecule has 0 bridgehead atoms. The first kappa shape index (κ1) is 15.3. The molecule has 0 radical (unpaired) electrons. The highest BCUT2D eigenvalue weighted by Crippen LogP contribution is 1.94. The van der Waals surface area contributed by atoms with Crippen molar-refractivity contribution in [3.8, 4) is 0 Å². The molecule has 0 atom stereocenters. The van der Waals surface area contributed by atoms with Gasteiger partial charge >= 0.3 is 5.91 Å². The lowest BCUT2D eigenvalue weighted by Crippen LogP contribution is -2.28. The highest BCUT2D eigenvalue weighted by molar-refractivity contribution is 6.37. The van der Waals surface area contributed by atoms with Crippen LogP contribution in [0.3, 0.4) is 0 Å². The highest BCUT2D eigenvalue weighted by atomic mass is 16.2. The molecule has 0 saturated carbocycles. The summed E-state index contributed by atoms with van der Waals surface area (Å²) in [7, 11) is 0. The van der Waals surface area contributed by atoms with Crippen LogP contribution >= 0.6 is 0 Å². The molecule has 0 saturated heterocycles. The van der Waals surface area contributed by atoms with Crippen LogP contribution in [0.1, 0.15) is 11.1 Å². The van der Waals surface area contributed by atoms with E-state index in [-0.39, 0.29) is 6.54 Å². The number of carbonyl (C=O) groups is 2. The Bertz CT molecular complexity index is 618. The van der Waals surface area contributed by atoms with Crippen molar-refractivity contribution in [2.75, 3.05) is 6.54 Å². The third-order valence-electron chi connectivity index (χ3n) is 2.71. The maximum absolute atomic E-state index is 11.6. The quantitative estimate of drug-likeness (QED) is 0.501. The number of amides is 1. The second kappa shape index (κ2) is 8.26. The Morgan fingerprint density at radius 2 is 1.41 bits per heavy atom. The largest absolute Gasteiger partial charge is 0.309 e. The van der Waals surface area contributed by atoms with Gasteiger partial charge in [-0.25, -0.2) is 5.43 Å². The van der Waals surface area contributed by atoms with E-state index in [2.05, 4.69) is 15.5 Å². The first-order valence-corrected chi connectivity index (χ1v) is 6.72. The van der Waals surface area contributed by atoms with Gasteiger partial charge < -0.3 is 0 Å². The molecule has 2 rings (SSSR count). The van der Waals surface area contributed by atoms with E-state index < -0.39 is 11.7 Å². The molecule has 2 aromatic rings. The molecule has 0 unspecified atom stereocenters. The molecule has 5 nitrogen and oxygen atoms in total. The Hall–Kier alpha value is -3.08. The van der Waals surface area contributed by atoms with Crippen molar-refractivity contribution in [1.29, 1.82) is 0 Å². The van der Waals surface area contributed by atoms with E-state index in [1.807, 2.05) is 60.7 Å². The lowest BCUT2D eigenvalue weighted by molar-refractivity contribution is -0.137. The highest BCUT2D eigenvalue weighted by Gasteiger charge is 2.10. The maximum atomic E-state index is 11.6. The van der Waals surface area contributed by atoms with Gasteiger partial charge in [0.05, 0.1) is 6.21 Å². The standard InChI is InChI=1S/C17H15N3O2/c21-16(13-18-11-14-7-3-1-4-8-14)17(22)20-19-12-15-9-5-2-6-10-15/h1-12H,13H2,(H,20,22)/b18-11?,19-12+. The molecule has 0 heterocycles. The molecule has 5 heteroatoms. The summed E-state index contributed by atoms with van der Waals surface area (Å²) in [5.74, 6) is -1.42. The zero-order valence-electron chi connectivity index (χ0n) is 11.8. The predicted molar refractivity (Wildman–Crippen MR) is 86.1 cm³/mol. The fraction of sp³-hybridized carbons (Fsp3) is 0.0588. The average molecular weight is 293 g/mol. The summed E-state index contributed by atoms with van der Waals surface area (Å²) in [5, 5.41) is 3.73. The summed E-state index contributed by atoms with van der Waals surface area (Å²) in [5.41, 5.74) is 3.89. The summed E-state index contributed by atoms with van der Waals surface area (Å²) in [4.78, 5) is 27.0. The monoisotopic (exact) mass is 293 g/mol. The Morgan fingerprint density at radius 3 is 2.00 bits per heavy atom. The number of rotatable bonds is 6. The lowest BCUT2D eigenvalue weighted by atomic mass is 10.2. The molecular formula is C17H15N3O2. The number of nitrogens with one attached hydrogen (secondary N) is 1. The first-order valence-electron chi connectivity index (χ1n) is 6.72. The van der Waals surface area contributed by atoms with Crippen molar-refractivity contribution >= 4 is 24.1 Å². The van der Waals surface area contributed by atoms with E-state index in [1.54, 1.807) is 6.21 Å². The van der Waals surface area contributed by atoms with Crippen molar-refractivity contribution in [3.63, 3.8) is 0 Å². The zero-order valence-corrected chi connectivity index (χ0v) is 11.8. The van der Waals surface area contributed by atoms with Crippen LogP contribution in [0.25, 0.3) is 0 Å². The second-order valence-corrected chi connectivity index (χ2v) is 4.41. The van der Waals surface area contributed by atoms with Crippen molar-refractivity contribution in [3.05, 3.63) is 71.8 Å². The molecule has 0 aromatic heterocycles. The van der Waals surface area contributed by atoms with Gasteiger partial charge in [-0.1, -0.05) is 60.7 Å². The number of ketones is 1. The number of hydrogen-bond acceptors (Lipinski definition) is 4. The number of nitrogens with zero attached hydrogens (tertiary/aromatic N) is 2. The normalized spacial score (nSPS) is 10.9. The lowest BCUT2D eigenvalue weighted by Gasteiger charge is -1.96. The molecule has 0 aliphatic rings. The molecule has 1 amide bonds. The number of carbonyl (C=O) groups excluding carboxylic acids is 2. The van der Waals surface area contributed by atoms with E-state index in [9.17, 15) is 9.59 Å². The van der Waals surface area contributed by atoms with E-state index >= 15 is 0 Å². The van der Waals surface area contributed by atoms with E-state index in [0.717, 1.165) is 11.1 Å². The molecule has 22 heavy (non-hydrogen) atoms. The number of hydrazone groups is 1. The van der Waals surface area contributed by atoms with Gasteiger partial charge in [-0.05, 0) is 11.1 Å². The van der Waals surface area contributed by atoms with Crippen LogP contribution < -0.4 is 5.43 Å². The number of Topliss-reactive ketones (excluding diaryl/α,β-unsaturated/α-hetero) is 1. The van der Waals surface area contributed by atoms with Crippen LogP contribution in [0.5, 0.6) is 0 Å². The molecule has 0 spiro atoms. The van der Waals surface area contributed by atoms with E-state index in [0.29, 0.717) is 0 Å². The summed E-state index contributed by atoms with van der Waals surface area (Å²) in [6.07, 6.45) is 3.02. The third kappa shape index (κ3) is 5.13. The zero-order chi connectivity index (χ0) is 15.6. The second-order valence-electron chi connectivity index (χ2n) is 4.41. The smallest absolute Gasteiger partial charge is 0.287 e. The Kier molecular flexibility index (Phi) is 5.75. The Labute approximate surface area is 128 Å².